The molecule has 136 valence electrons. The van der Waals surface area contributed by atoms with Crippen molar-refractivity contribution in [2.24, 2.45) is 5.92 Å². The van der Waals surface area contributed by atoms with Crippen LogP contribution in [0.1, 0.15) is 33.3 Å². The van der Waals surface area contributed by atoms with E-state index in [0.717, 1.165) is 29.5 Å². The van der Waals surface area contributed by atoms with E-state index in [1.54, 1.807) is 0 Å². The summed E-state index contributed by atoms with van der Waals surface area (Å²) >= 11 is 0. The highest BCUT2D eigenvalue weighted by molar-refractivity contribution is 5.60. The molecule has 2 rings (SSSR count). The summed E-state index contributed by atoms with van der Waals surface area (Å²) in [5.41, 5.74) is 2.12. The lowest BCUT2D eigenvalue weighted by Gasteiger charge is -2.15. The van der Waals surface area contributed by atoms with Crippen LogP contribution in [0.25, 0.3) is 0 Å². The SMILES string of the molecule is CCOc1ccc(OCC)c(NCc2ccc(OCC(C)C)cc2)c1. The van der Waals surface area contributed by atoms with Gasteiger partial charge in [-0.15, -0.1) is 0 Å². The maximum Gasteiger partial charge on any atom is 0.142 e. The Kier molecular flexibility index (Phi) is 7.45. The average Bonchev–Trinajstić information content (AvgIpc) is 2.61. The van der Waals surface area contributed by atoms with Crippen molar-refractivity contribution in [2.45, 2.75) is 34.2 Å². The molecule has 4 heteroatoms. The molecule has 4 nitrogen and oxygen atoms in total. The van der Waals surface area contributed by atoms with Crippen molar-refractivity contribution in [2.75, 3.05) is 25.1 Å². The fourth-order valence-corrected chi connectivity index (χ4v) is 2.35. The van der Waals surface area contributed by atoms with E-state index >= 15 is 0 Å². The largest absolute Gasteiger partial charge is 0.494 e. The number of nitrogens with one attached hydrogen (secondary N) is 1. The van der Waals surface area contributed by atoms with Gasteiger partial charge >= 0.3 is 0 Å². The first kappa shape index (κ1) is 19.0. The van der Waals surface area contributed by atoms with Crippen molar-refractivity contribution in [1.82, 2.24) is 0 Å². The number of benzene rings is 2. The summed E-state index contributed by atoms with van der Waals surface area (Å²) in [6, 6.07) is 14.0. The standard InChI is InChI=1S/C21H29NO3/c1-5-23-19-11-12-21(24-6-2)20(13-19)22-14-17-7-9-18(10-8-17)25-15-16(3)4/h7-13,16,22H,5-6,14-15H2,1-4H3. The average molecular weight is 343 g/mol. The summed E-state index contributed by atoms with van der Waals surface area (Å²) in [5.74, 6) is 3.11. The smallest absolute Gasteiger partial charge is 0.142 e. The molecule has 2 aromatic carbocycles. The summed E-state index contributed by atoms with van der Waals surface area (Å²) < 4.78 is 17.0. The minimum atomic E-state index is 0.524. The third kappa shape index (κ3) is 6.22. The highest BCUT2D eigenvalue weighted by Gasteiger charge is 2.06. The van der Waals surface area contributed by atoms with Crippen LogP contribution in [0.3, 0.4) is 0 Å². The van der Waals surface area contributed by atoms with E-state index in [-0.39, 0.29) is 0 Å². The first-order chi connectivity index (χ1) is 12.1. The monoisotopic (exact) mass is 343 g/mol. The molecule has 1 N–H and O–H groups in total. The number of hydrogen-bond acceptors (Lipinski definition) is 4. The maximum absolute atomic E-state index is 5.72. The van der Waals surface area contributed by atoms with Gasteiger partial charge < -0.3 is 19.5 Å². The molecule has 25 heavy (non-hydrogen) atoms. The van der Waals surface area contributed by atoms with Gasteiger partial charge in [-0.3, -0.25) is 0 Å². The van der Waals surface area contributed by atoms with E-state index in [2.05, 4.69) is 31.3 Å². The van der Waals surface area contributed by atoms with Crippen LogP contribution in [0, 0.1) is 5.92 Å². The molecule has 0 bridgehead atoms. The van der Waals surface area contributed by atoms with Crippen molar-refractivity contribution in [3.05, 3.63) is 48.0 Å². The minimum absolute atomic E-state index is 0.524. The molecule has 0 radical (unpaired) electrons. The first-order valence-corrected chi connectivity index (χ1v) is 8.97. The Morgan fingerprint density at radius 2 is 1.52 bits per heavy atom. The molecule has 0 unspecified atom stereocenters. The Morgan fingerprint density at radius 3 is 2.16 bits per heavy atom. The highest BCUT2D eigenvalue weighted by Crippen LogP contribution is 2.30. The van der Waals surface area contributed by atoms with Gasteiger partial charge in [0.05, 0.1) is 25.5 Å². The predicted molar refractivity (Wildman–Crippen MR) is 103 cm³/mol. The lowest BCUT2D eigenvalue weighted by molar-refractivity contribution is 0.271. The summed E-state index contributed by atoms with van der Waals surface area (Å²) in [6.45, 7) is 11.0. The van der Waals surface area contributed by atoms with Gasteiger partial charge in [0.2, 0.25) is 0 Å². The van der Waals surface area contributed by atoms with Crippen molar-refractivity contribution in [3.8, 4) is 17.2 Å². The maximum atomic E-state index is 5.72. The van der Waals surface area contributed by atoms with Crippen LogP contribution in [0.2, 0.25) is 0 Å². The van der Waals surface area contributed by atoms with Gasteiger partial charge in [-0.1, -0.05) is 26.0 Å². The van der Waals surface area contributed by atoms with E-state index in [9.17, 15) is 0 Å². The molecular weight excluding hydrogens is 314 g/mol. The molecule has 0 aliphatic heterocycles. The van der Waals surface area contributed by atoms with Gasteiger partial charge in [0.1, 0.15) is 17.2 Å². The molecule has 0 saturated carbocycles. The number of anilines is 1. The Morgan fingerprint density at radius 1 is 0.840 bits per heavy atom. The molecule has 0 spiro atoms. The van der Waals surface area contributed by atoms with Crippen LogP contribution in [-0.2, 0) is 6.54 Å². The molecule has 0 fully saturated rings. The first-order valence-electron chi connectivity index (χ1n) is 8.97. The van der Waals surface area contributed by atoms with Gasteiger partial charge in [-0.25, -0.2) is 0 Å². The van der Waals surface area contributed by atoms with Crippen molar-refractivity contribution < 1.29 is 14.2 Å². The van der Waals surface area contributed by atoms with Crippen molar-refractivity contribution in [1.29, 1.82) is 0 Å². The summed E-state index contributed by atoms with van der Waals surface area (Å²) in [7, 11) is 0. The Balaban J connectivity index is 2.00. The zero-order valence-corrected chi connectivity index (χ0v) is 15.7. The molecule has 0 aliphatic carbocycles. The topological polar surface area (TPSA) is 39.7 Å². The molecule has 0 heterocycles. The molecule has 0 saturated heterocycles. The fourth-order valence-electron chi connectivity index (χ4n) is 2.35. The molecule has 0 aliphatic rings. The van der Waals surface area contributed by atoms with Gasteiger partial charge in [-0.2, -0.15) is 0 Å². The van der Waals surface area contributed by atoms with E-state index in [0.29, 0.717) is 25.7 Å². The van der Waals surface area contributed by atoms with Gasteiger partial charge in [0.25, 0.3) is 0 Å². The Hall–Kier alpha value is -2.36. The zero-order chi connectivity index (χ0) is 18.1. The Labute approximate surface area is 151 Å². The second kappa shape index (κ2) is 9.82. The van der Waals surface area contributed by atoms with Crippen LogP contribution < -0.4 is 19.5 Å². The van der Waals surface area contributed by atoms with Crippen LogP contribution >= 0.6 is 0 Å². The van der Waals surface area contributed by atoms with Crippen molar-refractivity contribution >= 4 is 5.69 Å². The normalized spacial score (nSPS) is 10.6. The van der Waals surface area contributed by atoms with E-state index in [1.165, 1.54) is 5.56 Å². The quantitative estimate of drug-likeness (QED) is 0.649. The molecule has 0 aromatic heterocycles. The summed E-state index contributed by atoms with van der Waals surface area (Å²) in [5, 5.41) is 3.44. The third-order valence-corrected chi connectivity index (χ3v) is 3.55. The Bertz CT molecular complexity index is 638. The third-order valence-electron chi connectivity index (χ3n) is 3.55. The van der Waals surface area contributed by atoms with Crippen molar-refractivity contribution in [3.63, 3.8) is 0 Å². The number of hydrogen-bond donors (Lipinski definition) is 1. The van der Waals surface area contributed by atoms with Crippen LogP contribution in [0.15, 0.2) is 42.5 Å². The van der Waals surface area contributed by atoms with E-state index in [4.69, 9.17) is 14.2 Å². The van der Waals surface area contributed by atoms with Gasteiger partial charge in [0, 0.05) is 12.6 Å². The van der Waals surface area contributed by atoms with Gasteiger partial charge in [-0.05, 0) is 49.6 Å². The lowest BCUT2D eigenvalue weighted by atomic mass is 10.2. The second-order valence-electron chi connectivity index (χ2n) is 6.23. The summed E-state index contributed by atoms with van der Waals surface area (Å²) in [6.07, 6.45) is 0. The highest BCUT2D eigenvalue weighted by atomic mass is 16.5. The zero-order valence-electron chi connectivity index (χ0n) is 15.7. The number of rotatable bonds is 10. The molecule has 2 aromatic rings. The molecule has 0 atom stereocenters. The van der Waals surface area contributed by atoms with E-state index < -0.39 is 0 Å². The van der Waals surface area contributed by atoms with Crippen LogP contribution in [0.4, 0.5) is 5.69 Å². The van der Waals surface area contributed by atoms with E-state index in [1.807, 2.05) is 44.2 Å². The predicted octanol–water partition coefficient (Wildman–Crippen LogP) is 5.13. The molecule has 0 amide bonds. The fraction of sp³-hybridized carbons (Fsp3) is 0.429. The molecular formula is C21H29NO3. The summed E-state index contributed by atoms with van der Waals surface area (Å²) in [4.78, 5) is 0. The van der Waals surface area contributed by atoms with Crippen LogP contribution in [-0.4, -0.2) is 19.8 Å². The van der Waals surface area contributed by atoms with Crippen LogP contribution in [0.5, 0.6) is 17.2 Å². The number of ether oxygens (including phenoxy) is 3. The minimum Gasteiger partial charge on any atom is -0.494 e. The second-order valence-corrected chi connectivity index (χ2v) is 6.23. The lowest BCUT2D eigenvalue weighted by Crippen LogP contribution is -2.05. The van der Waals surface area contributed by atoms with Gasteiger partial charge in [0.15, 0.2) is 0 Å².